The number of amides is 1. The number of rotatable bonds is 6. The molecule has 0 bridgehead atoms. The number of benzene rings is 1. The van der Waals surface area contributed by atoms with Gasteiger partial charge in [-0.1, -0.05) is 73.9 Å². The molecule has 0 unspecified atom stereocenters. The number of likely N-dealkylation sites (tertiary alicyclic amines) is 1. The molecule has 5 nitrogen and oxygen atoms in total. The van der Waals surface area contributed by atoms with Crippen LogP contribution in [-0.2, 0) is 16.0 Å². The second kappa shape index (κ2) is 12.0. The van der Waals surface area contributed by atoms with Crippen molar-refractivity contribution >= 4 is 5.91 Å². The standard InChI is InChI=1S/C39H56N2O3/c1-25-20-35-37(41(24-25)19-18-40-36(43)13-10-28-8-6-5-7-9-28)27(3)39(44-35)17-15-31-32-12-11-29-21-30(42)14-16-38(29,4)34(32)22-33(31)26(2)23-39/h5-9,11,25,27,30-32,34-35,37,42H,10,12-24H2,1-4H3,(H,40,43)/t25-,27+,30-,31-,32-,34-,35+,37-,38-,39-/m0/s1. The fourth-order valence-corrected chi connectivity index (χ4v) is 11.2. The van der Waals surface area contributed by atoms with Crippen LogP contribution in [0.3, 0.4) is 0 Å². The third-order valence-electron chi connectivity index (χ3n) is 13.5. The number of carbonyl (C=O) groups is 1. The maximum Gasteiger partial charge on any atom is 0.220 e. The van der Waals surface area contributed by atoms with Gasteiger partial charge in [-0.15, -0.1) is 0 Å². The van der Waals surface area contributed by atoms with Crippen LogP contribution in [0.5, 0.6) is 0 Å². The predicted octanol–water partition coefficient (Wildman–Crippen LogP) is 6.85. The molecular formula is C39H56N2O3. The summed E-state index contributed by atoms with van der Waals surface area (Å²) in [5.41, 5.74) is 6.38. The van der Waals surface area contributed by atoms with Crippen molar-refractivity contribution in [3.8, 4) is 0 Å². The van der Waals surface area contributed by atoms with Gasteiger partial charge in [0.15, 0.2) is 0 Å². The Morgan fingerprint density at radius 2 is 1.95 bits per heavy atom. The van der Waals surface area contributed by atoms with E-state index >= 15 is 0 Å². The Morgan fingerprint density at radius 3 is 2.77 bits per heavy atom. The Bertz CT molecular complexity index is 1290. The average Bonchev–Trinajstić information content (AvgIpc) is 3.47. The van der Waals surface area contributed by atoms with Crippen LogP contribution >= 0.6 is 0 Å². The smallest absolute Gasteiger partial charge is 0.220 e. The largest absolute Gasteiger partial charge is 0.393 e. The summed E-state index contributed by atoms with van der Waals surface area (Å²) in [6.07, 6.45) is 14.2. The second-order valence-corrected chi connectivity index (χ2v) is 16.1. The van der Waals surface area contributed by atoms with E-state index in [9.17, 15) is 9.90 Å². The lowest BCUT2D eigenvalue weighted by Crippen LogP contribution is -2.53. The maximum absolute atomic E-state index is 12.7. The minimum atomic E-state index is -0.138. The zero-order valence-corrected chi connectivity index (χ0v) is 27.7. The minimum Gasteiger partial charge on any atom is -0.393 e. The molecule has 10 atom stereocenters. The SMILES string of the molecule is CC1=C2C[C@H]3[C@@H](CC=C4C[C@@H](O)CC[C@@]43C)[C@@H]2CC[C@@]2(C1)O[C@@H]1C[C@H](C)CN(CCNC(=O)CCc3ccccc3)[C@H]1[C@H]2C. The van der Waals surface area contributed by atoms with Gasteiger partial charge in [0.1, 0.15) is 0 Å². The molecule has 0 radical (unpaired) electrons. The molecule has 4 aliphatic carbocycles. The van der Waals surface area contributed by atoms with Crippen molar-refractivity contribution in [3.63, 3.8) is 0 Å². The van der Waals surface area contributed by atoms with Gasteiger partial charge in [-0.2, -0.15) is 0 Å². The van der Waals surface area contributed by atoms with Crippen LogP contribution in [0.4, 0.5) is 0 Å². The number of piperidine rings is 1. The van der Waals surface area contributed by atoms with E-state index in [2.05, 4.69) is 56.1 Å². The van der Waals surface area contributed by atoms with E-state index in [-0.39, 0.29) is 23.0 Å². The fraction of sp³-hybridized carbons (Fsp3) is 0.718. The predicted molar refractivity (Wildman–Crippen MR) is 176 cm³/mol. The van der Waals surface area contributed by atoms with Crippen molar-refractivity contribution in [1.82, 2.24) is 10.2 Å². The molecule has 44 heavy (non-hydrogen) atoms. The van der Waals surface area contributed by atoms with Gasteiger partial charge in [0.05, 0.1) is 17.8 Å². The number of hydrogen-bond acceptors (Lipinski definition) is 4. The summed E-state index contributed by atoms with van der Waals surface area (Å²) in [6, 6.07) is 10.7. The van der Waals surface area contributed by atoms with Crippen molar-refractivity contribution in [2.45, 2.75) is 122 Å². The molecule has 240 valence electrons. The highest BCUT2D eigenvalue weighted by Crippen LogP contribution is 2.63. The number of allylic oxidation sites excluding steroid dienone is 2. The summed E-state index contributed by atoms with van der Waals surface area (Å²) in [7, 11) is 0. The Morgan fingerprint density at radius 1 is 1.14 bits per heavy atom. The number of nitrogens with zero attached hydrogens (tertiary/aromatic N) is 1. The monoisotopic (exact) mass is 600 g/mol. The number of carbonyl (C=O) groups excluding carboxylic acids is 1. The number of aryl methyl sites for hydroxylation is 1. The molecule has 5 heteroatoms. The van der Waals surface area contributed by atoms with Crippen molar-refractivity contribution < 1.29 is 14.6 Å². The molecule has 2 aliphatic heterocycles. The van der Waals surface area contributed by atoms with Crippen molar-refractivity contribution in [2.75, 3.05) is 19.6 Å². The minimum absolute atomic E-state index is 0.0674. The van der Waals surface area contributed by atoms with Crippen LogP contribution < -0.4 is 5.32 Å². The molecular weight excluding hydrogens is 544 g/mol. The Balaban J connectivity index is 1.02. The Labute approximate surface area is 265 Å². The van der Waals surface area contributed by atoms with Gasteiger partial charge in [0.25, 0.3) is 0 Å². The highest BCUT2D eigenvalue weighted by atomic mass is 16.5. The second-order valence-electron chi connectivity index (χ2n) is 16.1. The van der Waals surface area contributed by atoms with Crippen LogP contribution in [0.1, 0.15) is 97.5 Å². The molecule has 1 aromatic rings. The summed E-state index contributed by atoms with van der Waals surface area (Å²) >= 11 is 0. The molecule has 1 amide bonds. The highest BCUT2D eigenvalue weighted by molar-refractivity contribution is 5.76. The molecule has 1 aromatic carbocycles. The molecule has 1 spiro atoms. The van der Waals surface area contributed by atoms with Crippen molar-refractivity contribution in [1.29, 1.82) is 0 Å². The first-order valence-corrected chi connectivity index (χ1v) is 18.0. The summed E-state index contributed by atoms with van der Waals surface area (Å²) in [5, 5.41) is 13.6. The van der Waals surface area contributed by atoms with E-state index in [0.717, 1.165) is 63.5 Å². The van der Waals surface area contributed by atoms with Crippen LogP contribution in [0.2, 0.25) is 0 Å². The lowest BCUT2D eigenvalue weighted by Gasteiger charge is -2.49. The third-order valence-corrected chi connectivity index (χ3v) is 13.5. The van der Waals surface area contributed by atoms with Crippen LogP contribution in [-0.4, -0.2) is 59.4 Å². The van der Waals surface area contributed by atoms with E-state index in [1.807, 2.05) is 18.2 Å². The van der Waals surface area contributed by atoms with E-state index < -0.39 is 0 Å². The zero-order valence-electron chi connectivity index (χ0n) is 27.7. The first-order chi connectivity index (χ1) is 21.2. The molecule has 6 aliphatic rings. The summed E-state index contributed by atoms with van der Waals surface area (Å²) < 4.78 is 7.29. The van der Waals surface area contributed by atoms with Gasteiger partial charge in [0.2, 0.25) is 5.91 Å². The lowest BCUT2D eigenvalue weighted by atomic mass is 9.56. The molecule has 0 aromatic heterocycles. The summed E-state index contributed by atoms with van der Waals surface area (Å²) in [4.78, 5) is 15.3. The molecule has 2 saturated carbocycles. The number of fused-ring (bicyclic) bond motifs is 6. The van der Waals surface area contributed by atoms with Gasteiger partial charge in [-0.3, -0.25) is 9.69 Å². The Kier molecular flexibility index (Phi) is 8.38. The number of ether oxygens (including phenoxy) is 1. The van der Waals surface area contributed by atoms with E-state index in [1.165, 1.54) is 31.2 Å². The molecule has 4 fully saturated rings. The molecule has 7 rings (SSSR count). The van der Waals surface area contributed by atoms with E-state index in [0.29, 0.717) is 42.9 Å². The average molecular weight is 601 g/mol. The van der Waals surface area contributed by atoms with Crippen molar-refractivity contribution in [2.24, 2.45) is 35.0 Å². The van der Waals surface area contributed by atoms with Gasteiger partial charge in [-0.05, 0) is 106 Å². The number of aliphatic hydroxyl groups is 1. The highest BCUT2D eigenvalue weighted by Gasteiger charge is 2.59. The quantitative estimate of drug-likeness (QED) is 0.351. The van der Waals surface area contributed by atoms with Gasteiger partial charge in [0, 0.05) is 38.0 Å². The molecule has 2 heterocycles. The maximum atomic E-state index is 12.7. The van der Waals surface area contributed by atoms with Crippen LogP contribution in [0, 0.1) is 35.0 Å². The summed E-state index contributed by atoms with van der Waals surface area (Å²) in [5.74, 6) is 3.43. The molecule has 2 saturated heterocycles. The Hall–Kier alpha value is -1.95. The zero-order chi connectivity index (χ0) is 30.6. The van der Waals surface area contributed by atoms with Gasteiger partial charge < -0.3 is 15.2 Å². The van der Waals surface area contributed by atoms with E-state index in [1.54, 1.807) is 16.7 Å². The number of nitrogens with one attached hydrogen (secondary N) is 1. The van der Waals surface area contributed by atoms with Crippen molar-refractivity contribution in [3.05, 3.63) is 58.7 Å². The van der Waals surface area contributed by atoms with Gasteiger partial charge in [-0.25, -0.2) is 0 Å². The topological polar surface area (TPSA) is 61.8 Å². The number of hydrogen-bond donors (Lipinski definition) is 2. The van der Waals surface area contributed by atoms with Crippen LogP contribution in [0.15, 0.2) is 53.1 Å². The molecule has 2 N–H and O–H groups in total. The summed E-state index contributed by atoms with van der Waals surface area (Å²) in [6.45, 7) is 12.5. The van der Waals surface area contributed by atoms with Crippen LogP contribution in [0.25, 0.3) is 0 Å². The van der Waals surface area contributed by atoms with Gasteiger partial charge >= 0.3 is 0 Å². The first-order valence-electron chi connectivity index (χ1n) is 18.0. The third kappa shape index (κ3) is 5.43. The lowest BCUT2D eigenvalue weighted by molar-refractivity contribution is -0.121. The normalized spacial score (nSPS) is 41.8. The number of aliphatic hydroxyl groups excluding tert-OH is 1. The first kappa shape index (κ1) is 30.7. The fourth-order valence-electron chi connectivity index (χ4n) is 11.2. The van der Waals surface area contributed by atoms with E-state index in [4.69, 9.17) is 4.74 Å².